The second-order valence-electron chi connectivity index (χ2n) is 5.48. The smallest absolute Gasteiger partial charge is 0.412 e. The molecule has 0 heterocycles. The summed E-state index contributed by atoms with van der Waals surface area (Å²) in [5, 5.41) is 12.2. The maximum absolute atomic E-state index is 11.8. The van der Waals surface area contributed by atoms with Crippen LogP contribution in [0.3, 0.4) is 0 Å². The minimum atomic E-state index is -0.541. The second kappa shape index (κ2) is 6.39. The van der Waals surface area contributed by atoms with Gasteiger partial charge in [0.2, 0.25) is 0 Å². The number of benzene rings is 1. The molecule has 1 amide bonds. The summed E-state index contributed by atoms with van der Waals surface area (Å²) in [6, 6.07) is 5.53. The Morgan fingerprint density at radius 3 is 2.63 bits per heavy atom. The van der Waals surface area contributed by atoms with Gasteiger partial charge in [-0.2, -0.15) is 0 Å². The van der Waals surface area contributed by atoms with Gasteiger partial charge in [0.05, 0.1) is 6.10 Å². The average molecular weight is 330 g/mol. The molecule has 0 bridgehead atoms. The summed E-state index contributed by atoms with van der Waals surface area (Å²) in [6.07, 6.45) is -0.504. The van der Waals surface area contributed by atoms with Crippen LogP contribution in [0.1, 0.15) is 33.3 Å². The molecule has 0 aromatic heterocycles. The standard InChI is InChI=1S/C14H20BrNO3/c1-9(17)7-10-5-6-11(15)8-12(10)16-13(18)19-14(2,3)4/h5-6,8-9,17H,7H2,1-4H3,(H,16,18). The van der Waals surface area contributed by atoms with E-state index in [0.717, 1.165) is 10.0 Å². The van der Waals surface area contributed by atoms with Crippen molar-refractivity contribution in [2.75, 3.05) is 5.32 Å². The van der Waals surface area contributed by atoms with Crippen molar-refractivity contribution in [2.24, 2.45) is 0 Å². The Morgan fingerprint density at radius 2 is 2.11 bits per heavy atom. The zero-order valence-corrected chi connectivity index (χ0v) is 13.2. The van der Waals surface area contributed by atoms with Crippen LogP contribution in [-0.2, 0) is 11.2 Å². The predicted octanol–water partition coefficient (Wildman–Crippen LogP) is 3.72. The molecule has 0 aliphatic rings. The third-order valence-corrected chi connectivity index (χ3v) is 2.72. The molecule has 0 spiro atoms. The number of halogens is 1. The molecule has 1 aromatic carbocycles. The summed E-state index contributed by atoms with van der Waals surface area (Å²) in [4.78, 5) is 11.8. The Balaban J connectivity index is 2.86. The zero-order chi connectivity index (χ0) is 14.6. The first-order valence-corrected chi connectivity index (χ1v) is 6.93. The van der Waals surface area contributed by atoms with Gasteiger partial charge >= 0.3 is 6.09 Å². The van der Waals surface area contributed by atoms with E-state index in [4.69, 9.17) is 4.74 Å². The first-order chi connectivity index (χ1) is 8.67. The lowest BCUT2D eigenvalue weighted by Crippen LogP contribution is -2.27. The summed E-state index contributed by atoms with van der Waals surface area (Å²) >= 11 is 3.36. The Kier molecular flexibility index (Phi) is 5.38. The van der Waals surface area contributed by atoms with Gasteiger partial charge in [-0.1, -0.05) is 22.0 Å². The monoisotopic (exact) mass is 329 g/mol. The van der Waals surface area contributed by atoms with Gasteiger partial charge in [-0.3, -0.25) is 5.32 Å². The summed E-state index contributed by atoms with van der Waals surface area (Å²) in [5.74, 6) is 0. The molecule has 0 saturated heterocycles. The molecule has 0 saturated carbocycles. The summed E-state index contributed by atoms with van der Waals surface area (Å²) in [6.45, 7) is 7.14. The average Bonchev–Trinajstić information content (AvgIpc) is 2.18. The van der Waals surface area contributed by atoms with Crippen LogP contribution in [0.15, 0.2) is 22.7 Å². The molecular formula is C14H20BrNO3. The van der Waals surface area contributed by atoms with Crippen LogP contribution in [0, 0.1) is 0 Å². The number of nitrogens with one attached hydrogen (secondary N) is 1. The third-order valence-electron chi connectivity index (χ3n) is 2.22. The SMILES string of the molecule is CC(O)Cc1ccc(Br)cc1NC(=O)OC(C)(C)C. The zero-order valence-electron chi connectivity index (χ0n) is 11.7. The largest absolute Gasteiger partial charge is 0.444 e. The fourth-order valence-corrected chi connectivity index (χ4v) is 1.94. The first-order valence-electron chi connectivity index (χ1n) is 6.14. The highest BCUT2D eigenvalue weighted by Gasteiger charge is 2.17. The first kappa shape index (κ1) is 16.0. The van der Waals surface area contributed by atoms with Crippen molar-refractivity contribution in [1.29, 1.82) is 0 Å². The quantitative estimate of drug-likeness (QED) is 0.888. The minimum absolute atomic E-state index is 0.471. The van der Waals surface area contributed by atoms with Crippen LogP contribution < -0.4 is 5.32 Å². The van der Waals surface area contributed by atoms with Gasteiger partial charge < -0.3 is 9.84 Å². The van der Waals surface area contributed by atoms with Gasteiger partial charge in [0.1, 0.15) is 5.60 Å². The minimum Gasteiger partial charge on any atom is -0.444 e. The van der Waals surface area contributed by atoms with E-state index in [9.17, 15) is 9.90 Å². The van der Waals surface area contributed by atoms with Gasteiger partial charge in [0.25, 0.3) is 0 Å². The molecule has 4 nitrogen and oxygen atoms in total. The lowest BCUT2D eigenvalue weighted by molar-refractivity contribution is 0.0635. The Labute approximate surface area is 122 Å². The lowest BCUT2D eigenvalue weighted by atomic mass is 10.1. The van der Waals surface area contributed by atoms with Crippen LogP contribution in [0.25, 0.3) is 0 Å². The maximum Gasteiger partial charge on any atom is 0.412 e. The molecule has 1 atom stereocenters. The molecular weight excluding hydrogens is 310 g/mol. The van der Waals surface area contributed by atoms with Crippen molar-refractivity contribution < 1.29 is 14.6 Å². The van der Waals surface area contributed by atoms with E-state index in [0.29, 0.717) is 12.1 Å². The molecule has 2 N–H and O–H groups in total. The van der Waals surface area contributed by atoms with Gasteiger partial charge in [-0.05, 0) is 45.4 Å². The molecule has 106 valence electrons. The molecule has 5 heteroatoms. The molecule has 19 heavy (non-hydrogen) atoms. The molecule has 0 fully saturated rings. The van der Waals surface area contributed by atoms with E-state index in [1.807, 2.05) is 32.9 Å². The maximum atomic E-state index is 11.8. The third kappa shape index (κ3) is 6.07. The summed E-state index contributed by atoms with van der Waals surface area (Å²) in [7, 11) is 0. The van der Waals surface area contributed by atoms with Gasteiger partial charge in [-0.15, -0.1) is 0 Å². The summed E-state index contributed by atoms with van der Waals surface area (Å²) < 4.78 is 6.07. The van der Waals surface area contributed by atoms with Gasteiger partial charge in [0.15, 0.2) is 0 Å². The number of hydrogen-bond donors (Lipinski definition) is 2. The Hall–Kier alpha value is -1.07. The molecule has 1 aromatic rings. The van der Waals surface area contributed by atoms with Crippen molar-refractivity contribution in [1.82, 2.24) is 0 Å². The molecule has 1 unspecified atom stereocenters. The van der Waals surface area contributed by atoms with E-state index >= 15 is 0 Å². The normalized spacial score (nSPS) is 12.9. The van der Waals surface area contributed by atoms with Crippen LogP contribution >= 0.6 is 15.9 Å². The predicted molar refractivity (Wildman–Crippen MR) is 79.4 cm³/mol. The number of rotatable bonds is 3. The lowest BCUT2D eigenvalue weighted by Gasteiger charge is -2.20. The highest BCUT2D eigenvalue weighted by atomic mass is 79.9. The Bertz CT molecular complexity index is 452. The fourth-order valence-electron chi connectivity index (χ4n) is 1.57. The van der Waals surface area contributed by atoms with Crippen LogP contribution in [0.4, 0.5) is 10.5 Å². The number of anilines is 1. The number of hydrogen-bond acceptors (Lipinski definition) is 3. The summed E-state index contributed by atoms with van der Waals surface area (Å²) in [5.41, 5.74) is 0.967. The van der Waals surface area contributed by atoms with Crippen LogP contribution in [0.2, 0.25) is 0 Å². The van der Waals surface area contributed by atoms with Crippen molar-refractivity contribution in [3.63, 3.8) is 0 Å². The van der Waals surface area contributed by atoms with Crippen LogP contribution in [0.5, 0.6) is 0 Å². The number of aliphatic hydroxyl groups is 1. The number of carbonyl (C=O) groups excluding carboxylic acids is 1. The fraction of sp³-hybridized carbons (Fsp3) is 0.500. The van der Waals surface area contributed by atoms with E-state index in [-0.39, 0.29) is 0 Å². The highest BCUT2D eigenvalue weighted by Crippen LogP contribution is 2.23. The van der Waals surface area contributed by atoms with E-state index in [1.165, 1.54) is 0 Å². The van der Waals surface area contributed by atoms with Crippen molar-refractivity contribution in [2.45, 2.75) is 45.8 Å². The topological polar surface area (TPSA) is 58.6 Å². The van der Waals surface area contributed by atoms with Crippen molar-refractivity contribution in [3.05, 3.63) is 28.2 Å². The van der Waals surface area contributed by atoms with Crippen molar-refractivity contribution in [3.8, 4) is 0 Å². The van der Waals surface area contributed by atoms with Gasteiger partial charge in [-0.25, -0.2) is 4.79 Å². The van der Waals surface area contributed by atoms with Crippen molar-refractivity contribution >= 4 is 27.7 Å². The second-order valence-corrected chi connectivity index (χ2v) is 6.40. The van der Waals surface area contributed by atoms with Crippen LogP contribution in [-0.4, -0.2) is 22.9 Å². The number of amides is 1. The molecule has 1 rings (SSSR count). The Morgan fingerprint density at radius 1 is 1.47 bits per heavy atom. The molecule has 0 aliphatic carbocycles. The van der Waals surface area contributed by atoms with E-state index < -0.39 is 17.8 Å². The van der Waals surface area contributed by atoms with E-state index in [1.54, 1.807) is 13.0 Å². The highest BCUT2D eigenvalue weighted by molar-refractivity contribution is 9.10. The van der Waals surface area contributed by atoms with E-state index in [2.05, 4.69) is 21.2 Å². The number of aliphatic hydroxyl groups excluding tert-OH is 1. The molecule has 0 radical (unpaired) electrons. The van der Waals surface area contributed by atoms with Gasteiger partial charge in [0, 0.05) is 16.6 Å². The molecule has 0 aliphatic heterocycles. The number of carbonyl (C=O) groups is 1. The number of ether oxygens (including phenoxy) is 1.